The number of anilines is 1. The standard InChI is InChI=1S/C11H9Cl2NOS/c1-15-9-5-7(12)6(4-8(9)13)10-2-3-11(14)16-10/h2-5H,14H2,1H3. The van der Waals surface area contributed by atoms with Gasteiger partial charge in [0.2, 0.25) is 0 Å². The minimum atomic E-state index is 0.536. The molecular formula is C11H9Cl2NOS. The normalized spacial score (nSPS) is 10.4. The van der Waals surface area contributed by atoms with Crippen molar-refractivity contribution in [2.24, 2.45) is 0 Å². The molecule has 0 amide bonds. The number of rotatable bonds is 2. The fraction of sp³-hybridized carbons (Fsp3) is 0.0909. The molecule has 1 aromatic carbocycles. The van der Waals surface area contributed by atoms with E-state index in [0.717, 1.165) is 15.4 Å². The third-order valence-corrected chi connectivity index (χ3v) is 3.69. The van der Waals surface area contributed by atoms with Crippen molar-refractivity contribution in [1.29, 1.82) is 0 Å². The summed E-state index contributed by atoms with van der Waals surface area (Å²) in [7, 11) is 1.56. The molecule has 16 heavy (non-hydrogen) atoms. The Morgan fingerprint density at radius 1 is 1.19 bits per heavy atom. The third-order valence-electron chi connectivity index (χ3n) is 2.13. The largest absolute Gasteiger partial charge is 0.495 e. The molecule has 0 aliphatic carbocycles. The number of hydrogen-bond donors (Lipinski definition) is 1. The van der Waals surface area contributed by atoms with Gasteiger partial charge in [-0.2, -0.15) is 0 Å². The molecule has 0 aliphatic heterocycles. The smallest absolute Gasteiger partial charge is 0.138 e. The Hall–Kier alpha value is -0.900. The number of thiophene rings is 1. The molecule has 0 atom stereocenters. The van der Waals surface area contributed by atoms with E-state index in [-0.39, 0.29) is 0 Å². The van der Waals surface area contributed by atoms with E-state index >= 15 is 0 Å². The van der Waals surface area contributed by atoms with Gasteiger partial charge in [-0.3, -0.25) is 0 Å². The highest BCUT2D eigenvalue weighted by Gasteiger charge is 2.10. The van der Waals surface area contributed by atoms with E-state index in [9.17, 15) is 0 Å². The first-order chi connectivity index (χ1) is 7.61. The van der Waals surface area contributed by atoms with Crippen LogP contribution in [0.5, 0.6) is 5.75 Å². The van der Waals surface area contributed by atoms with Crippen LogP contribution in [0.4, 0.5) is 5.00 Å². The van der Waals surface area contributed by atoms with Crippen molar-refractivity contribution in [3.05, 3.63) is 34.3 Å². The molecule has 5 heteroatoms. The SMILES string of the molecule is COc1cc(Cl)c(-c2ccc(N)s2)cc1Cl. The van der Waals surface area contributed by atoms with Gasteiger partial charge >= 0.3 is 0 Å². The van der Waals surface area contributed by atoms with Gasteiger partial charge < -0.3 is 10.5 Å². The predicted octanol–water partition coefficient (Wildman–Crippen LogP) is 4.31. The third kappa shape index (κ3) is 2.12. The highest BCUT2D eigenvalue weighted by molar-refractivity contribution is 7.19. The Balaban J connectivity index is 2.54. The summed E-state index contributed by atoms with van der Waals surface area (Å²) < 4.78 is 5.08. The first-order valence-corrected chi connectivity index (χ1v) is 6.08. The van der Waals surface area contributed by atoms with E-state index in [1.165, 1.54) is 11.3 Å². The summed E-state index contributed by atoms with van der Waals surface area (Å²) in [5, 5.41) is 1.88. The molecule has 2 N–H and O–H groups in total. The Kier molecular flexibility index (Phi) is 3.28. The summed E-state index contributed by atoms with van der Waals surface area (Å²) in [6.45, 7) is 0. The van der Waals surface area contributed by atoms with Crippen LogP contribution in [0.3, 0.4) is 0 Å². The van der Waals surface area contributed by atoms with Crippen molar-refractivity contribution in [1.82, 2.24) is 0 Å². The highest BCUT2D eigenvalue weighted by Crippen LogP contribution is 2.39. The number of hydrogen-bond acceptors (Lipinski definition) is 3. The summed E-state index contributed by atoms with van der Waals surface area (Å²) in [6.07, 6.45) is 0. The van der Waals surface area contributed by atoms with Crippen LogP contribution in [0.2, 0.25) is 10.0 Å². The molecule has 0 bridgehead atoms. The Morgan fingerprint density at radius 2 is 1.94 bits per heavy atom. The van der Waals surface area contributed by atoms with Crippen molar-refractivity contribution in [2.45, 2.75) is 0 Å². The number of halogens is 2. The Bertz CT molecular complexity index is 525. The molecule has 0 radical (unpaired) electrons. The van der Waals surface area contributed by atoms with Crippen molar-refractivity contribution in [3.8, 4) is 16.2 Å². The zero-order valence-electron chi connectivity index (χ0n) is 8.46. The van der Waals surface area contributed by atoms with Crippen molar-refractivity contribution < 1.29 is 4.74 Å². The summed E-state index contributed by atoms with van der Waals surface area (Å²) >= 11 is 13.7. The Morgan fingerprint density at radius 3 is 2.50 bits per heavy atom. The summed E-state index contributed by atoms with van der Waals surface area (Å²) in [4.78, 5) is 0.993. The molecule has 0 saturated carbocycles. The van der Waals surface area contributed by atoms with Crippen molar-refractivity contribution in [3.63, 3.8) is 0 Å². The van der Waals surface area contributed by atoms with E-state index in [2.05, 4.69) is 0 Å². The van der Waals surface area contributed by atoms with Gasteiger partial charge in [0.15, 0.2) is 0 Å². The van der Waals surface area contributed by atoms with E-state index in [1.807, 2.05) is 12.1 Å². The maximum absolute atomic E-state index is 6.15. The zero-order valence-corrected chi connectivity index (χ0v) is 10.8. The number of benzene rings is 1. The second kappa shape index (κ2) is 4.53. The summed E-state index contributed by atoms with van der Waals surface area (Å²) in [5.74, 6) is 0.569. The van der Waals surface area contributed by atoms with Gasteiger partial charge in [0.1, 0.15) is 5.75 Å². The molecule has 0 aliphatic rings. The van der Waals surface area contributed by atoms with Crippen LogP contribution in [0.15, 0.2) is 24.3 Å². The van der Waals surface area contributed by atoms with Crippen LogP contribution in [-0.2, 0) is 0 Å². The summed E-state index contributed by atoms with van der Waals surface area (Å²) in [6, 6.07) is 7.25. The predicted molar refractivity (Wildman–Crippen MR) is 70.7 cm³/mol. The molecule has 2 rings (SSSR count). The van der Waals surface area contributed by atoms with Gasteiger partial charge in [-0.15, -0.1) is 11.3 Å². The Labute approximate surface area is 108 Å². The van der Waals surface area contributed by atoms with Crippen LogP contribution in [0.1, 0.15) is 0 Å². The van der Waals surface area contributed by atoms with Gasteiger partial charge in [-0.05, 0) is 18.2 Å². The van der Waals surface area contributed by atoms with Gasteiger partial charge in [-0.1, -0.05) is 23.2 Å². The molecule has 1 heterocycles. The minimum absolute atomic E-state index is 0.536. The first-order valence-electron chi connectivity index (χ1n) is 4.50. The fourth-order valence-electron chi connectivity index (χ4n) is 1.37. The van der Waals surface area contributed by atoms with Crippen LogP contribution in [0, 0.1) is 0 Å². The van der Waals surface area contributed by atoms with E-state index in [1.54, 1.807) is 19.2 Å². The average molecular weight is 274 g/mol. The fourth-order valence-corrected chi connectivity index (χ4v) is 2.73. The van der Waals surface area contributed by atoms with E-state index < -0.39 is 0 Å². The molecule has 1 aromatic heterocycles. The first kappa shape index (κ1) is 11.6. The number of nitrogen functional groups attached to an aromatic ring is 1. The van der Waals surface area contributed by atoms with Crippen LogP contribution in [-0.4, -0.2) is 7.11 Å². The van der Waals surface area contributed by atoms with Crippen LogP contribution >= 0.6 is 34.5 Å². The zero-order chi connectivity index (χ0) is 11.7. The van der Waals surface area contributed by atoms with E-state index in [4.69, 9.17) is 33.7 Å². The quantitative estimate of drug-likeness (QED) is 0.885. The maximum atomic E-state index is 6.15. The molecule has 84 valence electrons. The topological polar surface area (TPSA) is 35.2 Å². The molecule has 0 spiro atoms. The number of nitrogens with two attached hydrogens (primary N) is 1. The average Bonchev–Trinajstić information content (AvgIpc) is 2.67. The molecule has 0 saturated heterocycles. The lowest BCUT2D eigenvalue weighted by molar-refractivity contribution is 0.415. The molecule has 0 unspecified atom stereocenters. The second-order valence-electron chi connectivity index (χ2n) is 3.17. The second-order valence-corrected chi connectivity index (χ2v) is 5.10. The molecule has 0 fully saturated rings. The lowest BCUT2D eigenvalue weighted by Gasteiger charge is -2.07. The lowest BCUT2D eigenvalue weighted by Crippen LogP contribution is -1.85. The van der Waals surface area contributed by atoms with Crippen LogP contribution < -0.4 is 10.5 Å². The van der Waals surface area contributed by atoms with Gasteiger partial charge in [0.25, 0.3) is 0 Å². The van der Waals surface area contributed by atoms with E-state index in [0.29, 0.717) is 15.8 Å². The highest BCUT2D eigenvalue weighted by atomic mass is 35.5. The molecular weight excluding hydrogens is 265 g/mol. The number of methoxy groups -OCH3 is 1. The summed E-state index contributed by atoms with van der Waals surface area (Å²) in [5.41, 5.74) is 6.55. The lowest BCUT2D eigenvalue weighted by atomic mass is 10.2. The van der Waals surface area contributed by atoms with Gasteiger partial charge in [0.05, 0.1) is 22.2 Å². The molecule has 2 aromatic rings. The van der Waals surface area contributed by atoms with Gasteiger partial charge in [-0.25, -0.2) is 0 Å². The maximum Gasteiger partial charge on any atom is 0.138 e. The van der Waals surface area contributed by atoms with Gasteiger partial charge in [0, 0.05) is 16.5 Å². The molecule has 2 nitrogen and oxygen atoms in total. The van der Waals surface area contributed by atoms with Crippen molar-refractivity contribution in [2.75, 3.05) is 12.8 Å². The number of ether oxygens (including phenoxy) is 1. The van der Waals surface area contributed by atoms with Crippen molar-refractivity contribution >= 4 is 39.5 Å². The van der Waals surface area contributed by atoms with Crippen LogP contribution in [0.25, 0.3) is 10.4 Å². The minimum Gasteiger partial charge on any atom is -0.495 e. The monoisotopic (exact) mass is 273 g/mol.